The second kappa shape index (κ2) is 61.8. The molecule has 3 rings (SSSR count). The van der Waals surface area contributed by atoms with E-state index in [0.717, 1.165) is 24.8 Å². The van der Waals surface area contributed by atoms with E-state index in [2.05, 4.69) is 95.7 Å². The van der Waals surface area contributed by atoms with Crippen molar-refractivity contribution in [3.63, 3.8) is 0 Å². The lowest BCUT2D eigenvalue weighted by Gasteiger charge is -2.31. The minimum Gasteiger partial charge on any atom is -0.480 e. The molecule has 46 heteroatoms. The molecule has 44 nitrogen and oxygen atoms in total. The van der Waals surface area contributed by atoms with Crippen LogP contribution in [0.25, 0.3) is 0 Å². The van der Waals surface area contributed by atoms with Crippen molar-refractivity contribution in [3.05, 3.63) is 23.5 Å². The summed E-state index contributed by atoms with van der Waals surface area (Å²) in [6.45, 7) is 30.5. The molecule has 3 aliphatic rings. The highest BCUT2D eigenvalue weighted by Gasteiger charge is 2.44. The highest BCUT2D eigenvalue weighted by atomic mass is 32.2. The number of nitrogens with zero attached hydrogens (tertiary/aromatic N) is 1. The first kappa shape index (κ1) is 122. The SMILES string of the molecule is C/C=C(\NC(=O)C(CC(C)C)NC(=O)CNC(=O)C(NC(=O)C(NC(=O)C(NC(=O)CNC(=O)C(NC(=O)C1CSCCC(N)C(=O)N/C(=C\C)C(=O)N2CCCC2C(=O)NC(CC(C)C)C(=O)N1)C(C)C)C(C)C)C(C)CC)C(C)CC)C(=O)NC(C(=O)NC1CSCC(C(=O)NC(CCCCN)C(=O)O)NC(=O)C(C(C)CC)NC(=O)C(CCCCN)NC(=O)C(C(C)CC)NC1=O)C(C)O. The molecule has 19 amide bonds. The van der Waals surface area contributed by atoms with Crippen molar-refractivity contribution < 1.29 is 106 Å². The molecule has 3 aliphatic heterocycles. The van der Waals surface area contributed by atoms with E-state index in [1.165, 1.54) is 29.7 Å². The number of allylic oxidation sites excluding steroid dienone is 2. The van der Waals surface area contributed by atoms with Gasteiger partial charge in [0.2, 0.25) is 100 Å². The van der Waals surface area contributed by atoms with Gasteiger partial charge >= 0.3 is 5.97 Å². The summed E-state index contributed by atoms with van der Waals surface area (Å²) in [5.74, 6) is -22.3. The lowest BCUT2D eigenvalue weighted by atomic mass is 9.94. The number of aliphatic carboxylic acids is 1. The van der Waals surface area contributed by atoms with Crippen molar-refractivity contribution in [2.45, 2.75) is 331 Å². The van der Waals surface area contributed by atoms with Crippen molar-refractivity contribution in [1.82, 2.24) is 101 Å². The number of hydrogen-bond donors (Lipinski definition) is 23. The Morgan fingerprint density at radius 1 is 0.500 bits per heavy atom. The zero-order valence-corrected chi connectivity index (χ0v) is 85.2. The Morgan fingerprint density at radius 2 is 1.01 bits per heavy atom. The lowest BCUT2D eigenvalue weighted by Crippen LogP contribution is -2.63. The lowest BCUT2D eigenvalue weighted by molar-refractivity contribution is -0.142. The third-order valence-electron chi connectivity index (χ3n) is 24.5. The Balaban J connectivity index is 1.85. The Bertz CT molecular complexity index is 4210. The second-order valence-corrected chi connectivity index (χ2v) is 39.6. The molecule has 3 fully saturated rings. The van der Waals surface area contributed by atoms with Gasteiger partial charge in [0.25, 0.3) is 11.8 Å². The van der Waals surface area contributed by atoms with Crippen LogP contribution in [0.2, 0.25) is 0 Å². The summed E-state index contributed by atoms with van der Waals surface area (Å²) >= 11 is 1.99. The molecule has 26 N–H and O–H groups in total. The molecule has 0 aromatic heterocycles. The van der Waals surface area contributed by atoms with Crippen LogP contribution in [0, 0.1) is 47.3 Å². The van der Waals surface area contributed by atoms with E-state index in [1.54, 1.807) is 104 Å². The fourth-order valence-electron chi connectivity index (χ4n) is 15.1. The van der Waals surface area contributed by atoms with Gasteiger partial charge in [-0.15, -0.1) is 0 Å². The number of thioether (sulfide) groups is 2. The summed E-state index contributed by atoms with van der Waals surface area (Å²) in [5.41, 5.74) is 17.2. The molecule has 780 valence electrons. The molecular formula is C92H158N22O22S2. The Labute approximate surface area is 818 Å². The molecule has 21 unspecified atom stereocenters. The number of nitrogens with two attached hydrogens (primary N) is 3. The molecule has 3 saturated heterocycles. The van der Waals surface area contributed by atoms with Crippen LogP contribution in [0.5, 0.6) is 0 Å². The first-order valence-corrected chi connectivity index (χ1v) is 50.6. The minimum atomic E-state index is -1.92. The van der Waals surface area contributed by atoms with Gasteiger partial charge in [-0.2, -0.15) is 23.5 Å². The van der Waals surface area contributed by atoms with Crippen LogP contribution in [0.4, 0.5) is 0 Å². The van der Waals surface area contributed by atoms with Gasteiger partial charge < -0.3 is 128 Å². The molecule has 21 atom stereocenters. The number of carboxylic acid groups (broad SMARTS) is 1. The zero-order valence-electron chi connectivity index (χ0n) is 83.6. The van der Waals surface area contributed by atoms with Crippen LogP contribution in [0.15, 0.2) is 23.5 Å². The van der Waals surface area contributed by atoms with Crippen molar-refractivity contribution in [2.75, 3.05) is 55.7 Å². The minimum absolute atomic E-state index is 0.0344. The quantitative estimate of drug-likeness (QED) is 0.0222. The van der Waals surface area contributed by atoms with Crippen molar-refractivity contribution in [2.24, 2.45) is 64.5 Å². The first-order valence-electron chi connectivity index (χ1n) is 48.3. The van der Waals surface area contributed by atoms with Gasteiger partial charge in [0, 0.05) is 23.8 Å². The van der Waals surface area contributed by atoms with Crippen molar-refractivity contribution in [3.8, 4) is 0 Å². The standard InChI is InChI=1S/C92H158N22O22S2/c1-20-50(15)70(111-89(132)73(53(18)23-4)112-86(129)69(49(13)14)107-67(117)42-96-84(127)68(48(11)12)108-81(124)62-43-137-38-34-55(95)75(118)100-57(25-6)91(134)114-37-30-33-65(114)83(126)103-61(40-47(9)10)79(122)104-62)85(128)97-41-66(116)98-60(39-46(7)8)78(121)99-56(24-5)76(119)113-74(54(19)115)90(133)106-64-45-138-44-63(80(123)102-59(92(135)136)32-27-29-36-94)105-88(131)72(52(17)22-3)109-77(120)58(31-26-28-35-93)101-87(130)71(51(16)21-2)110-82(64)125/h24-25,46-55,58-65,68-74,115H,20-23,26-45,93-95H2,1-19H3,(H,96,127)(H,97,128)(H,98,116)(H,99,121)(H,100,118)(H,101,130)(H,102,123)(H,103,126)(H,104,122)(H,105,131)(H,106,133)(H,107,117)(H,108,124)(H,109,120)(H,110,125)(H,111,132)(H,112,129)(H,113,119)(H,135,136)/b56-24-,57-25-. The number of aliphatic hydroxyl groups is 1. The third-order valence-corrected chi connectivity index (χ3v) is 26.7. The summed E-state index contributed by atoms with van der Waals surface area (Å²) in [5, 5.41) is 68.6. The topological polar surface area (TPSA) is 680 Å². The number of fused-ring (bicyclic) bond motifs is 1. The van der Waals surface area contributed by atoms with Crippen molar-refractivity contribution >= 4 is 142 Å². The summed E-state index contributed by atoms with van der Waals surface area (Å²) < 4.78 is 0. The van der Waals surface area contributed by atoms with Gasteiger partial charge in [-0.05, 0) is 158 Å². The Kier molecular flexibility index (Phi) is 54.4. The van der Waals surface area contributed by atoms with E-state index in [4.69, 9.17) is 17.2 Å². The van der Waals surface area contributed by atoms with Crippen LogP contribution in [0.3, 0.4) is 0 Å². The Morgan fingerprint density at radius 3 is 1.54 bits per heavy atom. The van der Waals surface area contributed by atoms with Crippen LogP contribution >= 0.6 is 23.5 Å². The summed E-state index contributed by atoms with van der Waals surface area (Å²) in [6.07, 6.45) is 4.49. The number of unbranched alkanes of at least 4 members (excludes halogenated alkanes) is 2. The molecule has 0 aliphatic carbocycles. The monoisotopic (exact) mass is 1990 g/mol. The fourth-order valence-corrected chi connectivity index (χ4v) is 17.2. The molecule has 0 aromatic rings. The van der Waals surface area contributed by atoms with Gasteiger partial charge in [-0.3, -0.25) is 91.1 Å². The van der Waals surface area contributed by atoms with E-state index in [-0.39, 0.29) is 87.2 Å². The molecule has 0 aromatic carbocycles. The van der Waals surface area contributed by atoms with Crippen molar-refractivity contribution in [1.29, 1.82) is 0 Å². The number of carbonyl (C=O) groups is 20. The zero-order chi connectivity index (χ0) is 104. The highest BCUT2D eigenvalue weighted by molar-refractivity contribution is 7.99. The molecule has 0 radical (unpaired) electrons. The number of rotatable bonds is 46. The highest BCUT2D eigenvalue weighted by Crippen LogP contribution is 2.24. The average molecular weight is 1990 g/mol. The number of aliphatic hydroxyl groups excluding tert-OH is 1. The number of carboxylic acids is 1. The predicted octanol–water partition coefficient (Wildman–Crippen LogP) is -2.44. The maximum absolute atomic E-state index is 14.8. The van der Waals surface area contributed by atoms with E-state index < -0.39 is 287 Å². The third kappa shape index (κ3) is 40.0. The van der Waals surface area contributed by atoms with Crippen LogP contribution in [0.1, 0.15) is 228 Å². The van der Waals surface area contributed by atoms with Gasteiger partial charge in [0.05, 0.1) is 25.2 Å². The first-order chi connectivity index (χ1) is 65.0. The van der Waals surface area contributed by atoms with Crippen LogP contribution in [-0.2, 0) is 95.9 Å². The average Bonchev–Trinajstić information content (AvgIpc) is 1.68. The molecule has 138 heavy (non-hydrogen) atoms. The largest absolute Gasteiger partial charge is 0.480 e. The Hall–Kier alpha value is -10.6. The normalized spacial score (nSPS) is 22.8. The van der Waals surface area contributed by atoms with E-state index in [1.807, 2.05) is 13.8 Å². The summed E-state index contributed by atoms with van der Waals surface area (Å²) in [4.78, 5) is 284. The molecular weight excluding hydrogens is 1830 g/mol. The summed E-state index contributed by atoms with van der Waals surface area (Å²) in [6, 6.07) is -21.9. The number of carbonyl (C=O) groups excluding carboxylic acids is 19. The van der Waals surface area contributed by atoms with Gasteiger partial charge in [-0.1, -0.05) is 149 Å². The summed E-state index contributed by atoms with van der Waals surface area (Å²) in [7, 11) is 0. The molecule has 3 heterocycles. The number of amides is 19. The smallest absolute Gasteiger partial charge is 0.326 e. The second-order valence-electron chi connectivity index (χ2n) is 37.3. The number of hydrogen-bond acceptors (Lipinski definition) is 26. The molecule has 0 spiro atoms. The van der Waals surface area contributed by atoms with Gasteiger partial charge in [0.15, 0.2) is 0 Å². The van der Waals surface area contributed by atoms with E-state index in [0.29, 0.717) is 57.8 Å². The van der Waals surface area contributed by atoms with Gasteiger partial charge in [-0.25, -0.2) is 4.79 Å². The van der Waals surface area contributed by atoms with Crippen LogP contribution in [-0.4, -0.2) is 292 Å². The molecule has 0 saturated carbocycles. The van der Waals surface area contributed by atoms with Gasteiger partial charge in [0.1, 0.15) is 102 Å². The van der Waals surface area contributed by atoms with Crippen LogP contribution < -0.4 is 113 Å². The van der Waals surface area contributed by atoms with E-state index >= 15 is 0 Å². The molecule has 0 bridgehead atoms. The maximum Gasteiger partial charge on any atom is 0.326 e. The van der Waals surface area contributed by atoms with E-state index in [9.17, 15) is 106 Å². The predicted molar refractivity (Wildman–Crippen MR) is 520 cm³/mol. The fraction of sp³-hybridized carbons (Fsp3) is 0.739. The maximum atomic E-state index is 14.8. The number of nitrogens with one attached hydrogen (secondary N) is 18.